The van der Waals surface area contributed by atoms with Crippen LogP contribution in [0.1, 0.15) is 25.3 Å². The number of aromatic nitrogens is 1. The lowest BCUT2D eigenvalue weighted by molar-refractivity contribution is -0.00501. The molecule has 1 aromatic carbocycles. The Morgan fingerprint density at radius 2 is 1.96 bits per heavy atom. The van der Waals surface area contributed by atoms with Crippen LogP contribution in [0.3, 0.4) is 0 Å². The molecule has 27 heavy (non-hydrogen) atoms. The van der Waals surface area contributed by atoms with Crippen LogP contribution in [0, 0.1) is 0 Å². The van der Waals surface area contributed by atoms with Crippen molar-refractivity contribution >= 4 is 16.9 Å². The number of nitrogens with one attached hydrogen (secondary N) is 2. The summed E-state index contributed by atoms with van der Waals surface area (Å²) < 4.78 is 5.57. The molecule has 1 aliphatic heterocycles. The largest absolute Gasteiger partial charge is 0.381 e. The lowest BCUT2D eigenvalue weighted by Crippen LogP contribution is -2.57. The Balaban J connectivity index is 1.72. The van der Waals surface area contributed by atoms with E-state index in [-0.39, 0.29) is 5.54 Å². The Morgan fingerprint density at radius 1 is 1.19 bits per heavy atom. The molecule has 3 rings (SSSR count). The molecule has 6 nitrogen and oxygen atoms in total. The Labute approximate surface area is 162 Å². The minimum atomic E-state index is 0.109. The number of pyridine rings is 1. The molecular formula is C21H31N5O. The zero-order valence-corrected chi connectivity index (χ0v) is 16.7. The standard InChI is InChI=1S/C21H31N5O/c1-4-22-20(25-16-21(26(2)3)10-13-27-14-11-21)24-15-17-9-12-23-19-8-6-5-7-18(17)19/h5-9,12H,4,10-11,13-16H2,1-3H3,(H2,22,24,25). The highest BCUT2D eigenvalue weighted by molar-refractivity contribution is 5.83. The molecule has 0 bridgehead atoms. The monoisotopic (exact) mass is 369 g/mol. The number of aliphatic imine (C=N–C) groups is 1. The van der Waals surface area contributed by atoms with Crippen LogP contribution in [0.25, 0.3) is 10.9 Å². The Morgan fingerprint density at radius 3 is 2.70 bits per heavy atom. The molecule has 1 saturated heterocycles. The van der Waals surface area contributed by atoms with Gasteiger partial charge in [0.25, 0.3) is 0 Å². The van der Waals surface area contributed by atoms with Crippen LogP contribution >= 0.6 is 0 Å². The number of rotatable bonds is 6. The van der Waals surface area contributed by atoms with Crippen LogP contribution in [-0.4, -0.2) is 61.8 Å². The second-order valence-electron chi connectivity index (χ2n) is 7.27. The van der Waals surface area contributed by atoms with Gasteiger partial charge in [-0.25, -0.2) is 4.99 Å². The predicted octanol–water partition coefficient (Wildman–Crippen LogP) is 2.40. The van der Waals surface area contributed by atoms with Crippen molar-refractivity contribution in [3.63, 3.8) is 0 Å². The number of likely N-dealkylation sites (N-methyl/N-ethyl adjacent to an activating group) is 1. The summed E-state index contributed by atoms with van der Waals surface area (Å²) in [6.07, 6.45) is 3.92. The van der Waals surface area contributed by atoms with Gasteiger partial charge in [-0.2, -0.15) is 0 Å². The van der Waals surface area contributed by atoms with E-state index in [1.807, 2.05) is 24.4 Å². The summed E-state index contributed by atoms with van der Waals surface area (Å²) >= 11 is 0. The van der Waals surface area contributed by atoms with Gasteiger partial charge in [-0.1, -0.05) is 18.2 Å². The van der Waals surface area contributed by atoms with Crippen LogP contribution in [0.5, 0.6) is 0 Å². The average molecular weight is 370 g/mol. The number of fused-ring (bicyclic) bond motifs is 1. The van der Waals surface area contributed by atoms with Crippen LogP contribution in [0.2, 0.25) is 0 Å². The van der Waals surface area contributed by atoms with Gasteiger partial charge in [0, 0.05) is 43.4 Å². The molecule has 0 aliphatic carbocycles. The molecule has 6 heteroatoms. The first-order valence-electron chi connectivity index (χ1n) is 9.74. The fraction of sp³-hybridized carbons (Fsp3) is 0.524. The number of hydrogen-bond donors (Lipinski definition) is 2. The van der Waals surface area contributed by atoms with Gasteiger partial charge in [-0.3, -0.25) is 4.98 Å². The second kappa shape index (κ2) is 9.15. The van der Waals surface area contributed by atoms with Gasteiger partial charge < -0.3 is 20.3 Å². The fourth-order valence-electron chi connectivity index (χ4n) is 3.58. The maximum Gasteiger partial charge on any atom is 0.191 e. The number of para-hydroxylation sites is 1. The summed E-state index contributed by atoms with van der Waals surface area (Å²) in [5, 5.41) is 8.09. The molecule has 1 fully saturated rings. The molecule has 146 valence electrons. The average Bonchev–Trinajstić information content (AvgIpc) is 2.70. The van der Waals surface area contributed by atoms with Crippen molar-refractivity contribution in [2.75, 3.05) is 40.4 Å². The van der Waals surface area contributed by atoms with Crippen molar-refractivity contribution in [1.29, 1.82) is 0 Å². The Kier molecular flexibility index (Phi) is 6.63. The first kappa shape index (κ1) is 19.6. The highest BCUT2D eigenvalue weighted by Crippen LogP contribution is 2.25. The van der Waals surface area contributed by atoms with E-state index in [9.17, 15) is 0 Å². The van der Waals surface area contributed by atoms with E-state index in [1.165, 1.54) is 5.56 Å². The van der Waals surface area contributed by atoms with Crippen molar-refractivity contribution in [3.8, 4) is 0 Å². The molecule has 2 aromatic rings. The van der Waals surface area contributed by atoms with Crippen LogP contribution in [0.15, 0.2) is 41.5 Å². The van der Waals surface area contributed by atoms with Gasteiger partial charge in [0.15, 0.2) is 5.96 Å². The van der Waals surface area contributed by atoms with Gasteiger partial charge in [0.05, 0.1) is 12.1 Å². The van der Waals surface area contributed by atoms with Gasteiger partial charge in [-0.05, 0) is 51.6 Å². The molecular weight excluding hydrogens is 338 g/mol. The molecule has 0 radical (unpaired) electrons. The lowest BCUT2D eigenvalue weighted by atomic mass is 9.88. The number of guanidine groups is 1. The molecule has 2 heterocycles. The third kappa shape index (κ3) is 4.76. The first-order valence-corrected chi connectivity index (χ1v) is 9.74. The summed E-state index contributed by atoms with van der Waals surface area (Å²) in [6, 6.07) is 10.3. The maximum atomic E-state index is 5.57. The summed E-state index contributed by atoms with van der Waals surface area (Å²) in [4.78, 5) is 11.6. The third-order valence-electron chi connectivity index (χ3n) is 5.45. The Bertz CT molecular complexity index is 763. The van der Waals surface area contributed by atoms with Crippen molar-refractivity contribution < 1.29 is 4.74 Å². The van der Waals surface area contributed by atoms with Crippen molar-refractivity contribution in [3.05, 3.63) is 42.1 Å². The zero-order valence-electron chi connectivity index (χ0n) is 16.7. The minimum Gasteiger partial charge on any atom is -0.381 e. The Hall–Kier alpha value is -2.18. The smallest absolute Gasteiger partial charge is 0.191 e. The van der Waals surface area contributed by atoms with E-state index in [4.69, 9.17) is 9.73 Å². The molecule has 0 saturated carbocycles. The number of nitrogens with zero attached hydrogens (tertiary/aromatic N) is 3. The molecule has 0 spiro atoms. The van der Waals surface area contributed by atoms with E-state index in [0.717, 1.165) is 56.0 Å². The van der Waals surface area contributed by atoms with Crippen LogP contribution in [0.4, 0.5) is 0 Å². The van der Waals surface area contributed by atoms with E-state index >= 15 is 0 Å². The molecule has 0 unspecified atom stereocenters. The zero-order chi connectivity index (χ0) is 19.1. The topological polar surface area (TPSA) is 61.8 Å². The highest BCUT2D eigenvalue weighted by Gasteiger charge is 2.34. The maximum absolute atomic E-state index is 5.57. The summed E-state index contributed by atoms with van der Waals surface area (Å²) in [6.45, 7) is 6.03. The summed E-state index contributed by atoms with van der Waals surface area (Å²) in [5.74, 6) is 0.853. The predicted molar refractivity (Wildman–Crippen MR) is 111 cm³/mol. The van der Waals surface area contributed by atoms with Gasteiger partial charge in [-0.15, -0.1) is 0 Å². The molecule has 0 amide bonds. The van der Waals surface area contributed by atoms with E-state index < -0.39 is 0 Å². The van der Waals surface area contributed by atoms with Gasteiger partial charge in [0.1, 0.15) is 0 Å². The summed E-state index contributed by atoms with van der Waals surface area (Å²) in [7, 11) is 4.31. The molecule has 1 aromatic heterocycles. The number of benzene rings is 1. The molecule has 0 atom stereocenters. The first-order chi connectivity index (χ1) is 13.1. The number of ether oxygens (including phenoxy) is 1. The van der Waals surface area contributed by atoms with Gasteiger partial charge >= 0.3 is 0 Å². The highest BCUT2D eigenvalue weighted by atomic mass is 16.5. The van der Waals surface area contributed by atoms with E-state index in [0.29, 0.717) is 6.54 Å². The fourth-order valence-corrected chi connectivity index (χ4v) is 3.58. The normalized spacial score (nSPS) is 17.3. The molecule has 2 N–H and O–H groups in total. The van der Waals surface area contributed by atoms with E-state index in [1.54, 1.807) is 0 Å². The number of hydrogen-bond acceptors (Lipinski definition) is 4. The summed E-state index contributed by atoms with van der Waals surface area (Å²) in [5.41, 5.74) is 2.31. The van der Waals surface area contributed by atoms with Crippen LogP contribution < -0.4 is 10.6 Å². The van der Waals surface area contributed by atoms with E-state index in [2.05, 4.69) is 53.7 Å². The van der Waals surface area contributed by atoms with Crippen molar-refractivity contribution in [1.82, 2.24) is 20.5 Å². The van der Waals surface area contributed by atoms with Gasteiger partial charge in [0.2, 0.25) is 0 Å². The SMILES string of the molecule is CCNC(=NCc1ccnc2ccccc12)NCC1(N(C)C)CCOCC1. The quantitative estimate of drug-likeness (QED) is 0.605. The minimum absolute atomic E-state index is 0.109. The van der Waals surface area contributed by atoms with Crippen molar-refractivity contribution in [2.24, 2.45) is 4.99 Å². The van der Waals surface area contributed by atoms with Crippen LogP contribution in [-0.2, 0) is 11.3 Å². The second-order valence-corrected chi connectivity index (χ2v) is 7.27. The molecule has 1 aliphatic rings. The third-order valence-corrected chi connectivity index (χ3v) is 5.45. The van der Waals surface area contributed by atoms with Crippen molar-refractivity contribution in [2.45, 2.75) is 31.8 Å². The lowest BCUT2D eigenvalue weighted by Gasteiger charge is -2.43.